The van der Waals surface area contributed by atoms with E-state index in [9.17, 15) is 9.59 Å². The SMILES string of the molecule is CN(CC(=O)NC(=O)NC1CCCC1)Cc1cccc(Cl)c1Cl. The van der Waals surface area contributed by atoms with Crippen molar-refractivity contribution in [3.63, 3.8) is 0 Å². The monoisotopic (exact) mass is 357 g/mol. The van der Waals surface area contributed by atoms with Crippen molar-refractivity contribution in [3.05, 3.63) is 33.8 Å². The van der Waals surface area contributed by atoms with Crippen LogP contribution in [0.3, 0.4) is 0 Å². The molecule has 0 aliphatic heterocycles. The first-order valence-corrected chi connectivity index (χ1v) is 8.43. The third kappa shape index (κ3) is 5.68. The summed E-state index contributed by atoms with van der Waals surface area (Å²) in [5.74, 6) is -0.346. The number of carbonyl (C=O) groups is 2. The smallest absolute Gasteiger partial charge is 0.321 e. The quantitative estimate of drug-likeness (QED) is 0.850. The minimum absolute atomic E-state index is 0.0981. The van der Waals surface area contributed by atoms with E-state index in [0.717, 1.165) is 31.2 Å². The fraction of sp³-hybridized carbons (Fsp3) is 0.500. The zero-order valence-corrected chi connectivity index (χ0v) is 14.6. The molecule has 0 unspecified atom stereocenters. The molecule has 1 fully saturated rings. The van der Waals surface area contributed by atoms with Crippen molar-refractivity contribution >= 4 is 35.1 Å². The minimum atomic E-state index is -0.420. The maximum Gasteiger partial charge on any atom is 0.321 e. The Morgan fingerprint density at radius 1 is 1.26 bits per heavy atom. The van der Waals surface area contributed by atoms with E-state index >= 15 is 0 Å². The Morgan fingerprint density at radius 3 is 2.65 bits per heavy atom. The van der Waals surface area contributed by atoms with Crippen LogP contribution < -0.4 is 10.6 Å². The van der Waals surface area contributed by atoms with Gasteiger partial charge >= 0.3 is 6.03 Å². The number of nitrogens with zero attached hydrogens (tertiary/aromatic N) is 1. The summed E-state index contributed by atoms with van der Waals surface area (Å²) in [5.41, 5.74) is 0.838. The van der Waals surface area contributed by atoms with Crippen LogP contribution >= 0.6 is 23.2 Å². The summed E-state index contributed by atoms with van der Waals surface area (Å²) in [7, 11) is 1.78. The molecule has 1 aliphatic rings. The minimum Gasteiger partial charge on any atom is -0.335 e. The zero-order valence-electron chi connectivity index (χ0n) is 13.1. The van der Waals surface area contributed by atoms with Gasteiger partial charge in [0, 0.05) is 12.6 Å². The molecule has 23 heavy (non-hydrogen) atoms. The Morgan fingerprint density at radius 2 is 1.96 bits per heavy atom. The first-order chi connectivity index (χ1) is 11.0. The van der Waals surface area contributed by atoms with Crippen molar-refractivity contribution < 1.29 is 9.59 Å². The molecule has 0 bridgehead atoms. The highest BCUT2D eigenvalue weighted by atomic mass is 35.5. The molecule has 5 nitrogen and oxygen atoms in total. The van der Waals surface area contributed by atoms with Crippen LogP contribution in [-0.4, -0.2) is 36.5 Å². The van der Waals surface area contributed by atoms with Gasteiger partial charge in [0.05, 0.1) is 16.6 Å². The largest absolute Gasteiger partial charge is 0.335 e. The van der Waals surface area contributed by atoms with Crippen LogP contribution in [0.15, 0.2) is 18.2 Å². The summed E-state index contributed by atoms with van der Waals surface area (Å²) in [6, 6.07) is 5.15. The molecule has 1 saturated carbocycles. The third-order valence-electron chi connectivity index (χ3n) is 3.83. The summed E-state index contributed by atoms with van der Waals surface area (Å²) < 4.78 is 0. The number of likely N-dealkylation sites (N-methyl/N-ethyl adjacent to an activating group) is 1. The first kappa shape index (κ1) is 18.0. The van der Waals surface area contributed by atoms with Crippen LogP contribution in [0.25, 0.3) is 0 Å². The van der Waals surface area contributed by atoms with Gasteiger partial charge in [0.1, 0.15) is 0 Å². The van der Waals surface area contributed by atoms with Gasteiger partial charge in [-0.3, -0.25) is 15.0 Å². The van der Waals surface area contributed by atoms with Gasteiger partial charge in [-0.25, -0.2) is 4.79 Å². The summed E-state index contributed by atoms with van der Waals surface area (Å²) in [4.78, 5) is 25.4. The molecule has 0 heterocycles. The zero-order chi connectivity index (χ0) is 16.8. The molecule has 7 heteroatoms. The lowest BCUT2D eigenvalue weighted by molar-refractivity contribution is -0.121. The molecule has 0 saturated heterocycles. The number of amides is 3. The molecule has 126 valence electrons. The van der Waals surface area contributed by atoms with Gasteiger partial charge in [-0.15, -0.1) is 0 Å². The number of carbonyl (C=O) groups excluding carboxylic acids is 2. The lowest BCUT2D eigenvalue weighted by Crippen LogP contribution is -2.46. The van der Waals surface area contributed by atoms with E-state index < -0.39 is 6.03 Å². The van der Waals surface area contributed by atoms with E-state index in [1.165, 1.54) is 0 Å². The average molecular weight is 358 g/mol. The normalized spacial score (nSPS) is 15.0. The molecule has 0 atom stereocenters. The van der Waals surface area contributed by atoms with Crippen molar-refractivity contribution in [3.8, 4) is 0 Å². The molecular weight excluding hydrogens is 337 g/mol. The number of rotatable bonds is 5. The van der Waals surface area contributed by atoms with E-state index in [1.807, 2.05) is 12.1 Å². The highest BCUT2D eigenvalue weighted by molar-refractivity contribution is 6.42. The maximum atomic E-state index is 11.9. The Labute approximate surface area is 146 Å². The van der Waals surface area contributed by atoms with Gasteiger partial charge in [0.25, 0.3) is 0 Å². The van der Waals surface area contributed by atoms with Crippen LogP contribution in [-0.2, 0) is 11.3 Å². The molecule has 0 aromatic heterocycles. The second kappa shape index (κ2) is 8.52. The van der Waals surface area contributed by atoms with Gasteiger partial charge in [-0.05, 0) is 31.5 Å². The number of hydrogen-bond acceptors (Lipinski definition) is 3. The lowest BCUT2D eigenvalue weighted by Gasteiger charge is -2.18. The Bertz CT molecular complexity index is 574. The van der Waals surface area contributed by atoms with Gasteiger partial charge in [0.15, 0.2) is 0 Å². The number of hydrogen-bond donors (Lipinski definition) is 2. The van der Waals surface area contributed by atoms with Crippen molar-refractivity contribution in [2.75, 3.05) is 13.6 Å². The van der Waals surface area contributed by atoms with Gasteiger partial charge in [-0.1, -0.05) is 48.2 Å². The van der Waals surface area contributed by atoms with E-state index in [1.54, 1.807) is 18.0 Å². The van der Waals surface area contributed by atoms with Crippen LogP contribution in [0, 0.1) is 0 Å². The standard InChI is InChI=1S/C16H21Cl2N3O2/c1-21(9-11-5-4-8-13(17)15(11)18)10-14(22)20-16(23)19-12-6-2-3-7-12/h4-5,8,12H,2-3,6-7,9-10H2,1H3,(H2,19,20,22,23). The van der Waals surface area contributed by atoms with Gasteiger partial charge in [0.2, 0.25) is 5.91 Å². The second-order valence-electron chi connectivity index (χ2n) is 5.89. The van der Waals surface area contributed by atoms with Crippen molar-refractivity contribution in [2.24, 2.45) is 0 Å². The molecule has 1 aromatic carbocycles. The van der Waals surface area contributed by atoms with Crippen molar-refractivity contribution in [1.29, 1.82) is 0 Å². The highest BCUT2D eigenvalue weighted by Crippen LogP contribution is 2.26. The molecule has 0 spiro atoms. The number of imide groups is 1. The number of halogens is 2. The van der Waals surface area contributed by atoms with E-state index in [2.05, 4.69) is 10.6 Å². The predicted octanol–water partition coefficient (Wildman–Crippen LogP) is 3.19. The number of benzene rings is 1. The summed E-state index contributed by atoms with van der Waals surface area (Å²) in [6.45, 7) is 0.567. The van der Waals surface area contributed by atoms with Crippen LogP contribution in [0.5, 0.6) is 0 Å². The molecule has 1 aromatic rings. The molecule has 2 rings (SSSR count). The Kier molecular flexibility index (Phi) is 6.69. The van der Waals surface area contributed by atoms with Crippen LogP contribution in [0.4, 0.5) is 4.79 Å². The van der Waals surface area contributed by atoms with Gasteiger partial charge < -0.3 is 5.32 Å². The fourth-order valence-electron chi connectivity index (χ4n) is 2.72. The van der Waals surface area contributed by atoms with E-state index in [0.29, 0.717) is 16.6 Å². The maximum absolute atomic E-state index is 11.9. The lowest BCUT2D eigenvalue weighted by atomic mass is 10.2. The van der Waals surface area contributed by atoms with Crippen molar-refractivity contribution in [1.82, 2.24) is 15.5 Å². The fourth-order valence-corrected chi connectivity index (χ4v) is 3.10. The molecule has 1 aliphatic carbocycles. The van der Waals surface area contributed by atoms with E-state index in [-0.39, 0.29) is 18.5 Å². The molecule has 3 amide bonds. The number of urea groups is 1. The number of nitrogens with one attached hydrogen (secondary N) is 2. The average Bonchev–Trinajstić information content (AvgIpc) is 2.96. The first-order valence-electron chi connectivity index (χ1n) is 7.67. The summed E-state index contributed by atoms with van der Waals surface area (Å²) in [6.07, 6.45) is 4.22. The Hall–Kier alpha value is -1.30. The molecule has 2 N–H and O–H groups in total. The van der Waals surface area contributed by atoms with E-state index in [4.69, 9.17) is 23.2 Å². The van der Waals surface area contributed by atoms with Crippen LogP contribution in [0.1, 0.15) is 31.2 Å². The molecule has 0 radical (unpaired) electrons. The second-order valence-corrected chi connectivity index (χ2v) is 6.67. The summed E-state index contributed by atoms with van der Waals surface area (Å²) in [5, 5.41) is 6.15. The highest BCUT2D eigenvalue weighted by Gasteiger charge is 2.18. The predicted molar refractivity (Wildman–Crippen MR) is 91.7 cm³/mol. The van der Waals surface area contributed by atoms with Crippen molar-refractivity contribution in [2.45, 2.75) is 38.3 Å². The Balaban J connectivity index is 1.77. The van der Waals surface area contributed by atoms with Crippen LogP contribution in [0.2, 0.25) is 10.0 Å². The molecular formula is C16H21Cl2N3O2. The third-order valence-corrected chi connectivity index (χ3v) is 4.69. The van der Waals surface area contributed by atoms with Gasteiger partial charge in [-0.2, -0.15) is 0 Å². The summed E-state index contributed by atoms with van der Waals surface area (Å²) >= 11 is 12.1. The topological polar surface area (TPSA) is 61.4 Å².